The minimum Gasteiger partial charge on any atom is -0.393 e. The van der Waals surface area contributed by atoms with Crippen molar-refractivity contribution in [3.63, 3.8) is 0 Å². The maximum atomic E-state index is 8.81. The van der Waals surface area contributed by atoms with E-state index in [-0.39, 0.29) is 12.1 Å². The first-order valence-corrected chi connectivity index (χ1v) is 3.79. The van der Waals surface area contributed by atoms with E-state index in [9.17, 15) is 0 Å². The van der Waals surface area contributed by atoms with Crippen molar-refractivity contribution in [2.24, 2.45) is 10.2 Å². The Hall–Kier alpha value is -0.950. The van der Waals surface area contributed by atoms with Crippen LogP contribution in [0.15, 0.2) is 10.2 Å². The predicted octanol–water partition coefficient (Wildman–Crippen LogP) is 1.51. The summed E-state index contributed by atoms with van der Waals surface area (Å²) in [5.74, 6) is 0. The molecule has 0 fully saturated rings. The van der Waals surface area contributed by atoms with E-state index in [0.717, 1.165) is 0 Å². The van der Waals surface area contributed by atoms with Gasteiger partial charge in [0.2, 0.25) is 0 Å². The van der Waals surface area contributed by atoms with Crippen molar-refractivity contribution in [2.75, 3.05) is 6.61 Å². The molecule has 68 valence electrons. The Bertz CT molecular complexity index is 211. The van der Waals surface area contributed by atoms with Crippen molar-refractivity contribution < 1.29 is 5.11 Å². The Balaban J connectivity index is 4.44. The fourth-order valence-electron chi connectivity index (χ4n) is 0.350. The first-order chi connectivity index (χ1) is 5.33. The third-order valence-electron chi connectivity index (χ3n) is 1.12. The van der Waals surface area contributed by atoms with Gasteiger partial charge in [-0.3, -0.25) is 0 Å². The van der Waals surface area contributed by atoms with Gasteiger partial charge in [0.15, 0.2) is 5.54 Å². The lowest BCUT2D eigenvalue weighted by Crippen LogP contribution is -2.25. The first kappa shape index (κ1) is 11.1. The molecule has 0 bridgehead atoms. The smallest absolute Gasteiger partial charge is 0.187 e. The summed E-state index contributed by atoms with van der Waals surface area (Å²) in [5, 5.41) is 25.1. The van der Waals surface area contributed by atoms with Crippen molar-refractivity contribution >= 4 is 0 Å². The largest absolute Gasteiger partial charge is 0.393 e. The van der Waals surface area contributed by atoms with Gasteiger partial charge in [0.25, 0.3) is 0 Å². The minimum absolute atomic E-state index is 0.298. The molecule has 1 unspecified atom stereocenters. The van der Waals surface area contributed by atoms with E-state index in [1.165, 1.54) is 0 Å². The molecule has 12 heavy (non-hydrogen) atoms. The lowest BCUT2D eigenvalue weighted by Gasteiger charge is -2.15. The van der Waals surface area contributed by atoms with Gasteiger partial charge in [0, 0.05) is 0 Å². The van der Waals surface area contributed by atoms with Crippen LogP contribution in [0.3, 0.4) is 0 Å². The van der Waals surface area contributed by atoms with E-state index in [2.05, 4.69) is 10.2 Å². The van der Waals surface area contributed by atoms with E-state index in [1.807, 2.05) is 26.8 Å². The van der Waals surface area contributed by atoms with Gasteiger partial charge >= 0.3 is 0 Å². The number of aliphatic hydroxyl groups is 1. The summed E-state index contributed by atoms with van der Waals surface area (Å²) < 4.78 is 0. The molecule has 0 spiro atoms. The topological polar surface area (TPSA) is 68.7 Å². The van der Waals surface area contributed by atoms with E-state index in [0.29, 0.717) is 0 Å². The van der Waals surface area contributed by atoms with Crippen LogP contribution in [0, 0.1) is 11.3 Å². The number of rotatable bonds is 2. The predicted molar refractivity (Wildman–Crippen MR) is 45.7 cm³/mol. The second kappa shape index (κ2) is 3.63. The van der Waals surface area contributed by atoms with E-state index in [4.69, 9.17) is 10.4 Å². The molecule has 1 atom stereocenters. The van der Waals surface area contributed by atoms with Crippen molar-refractivity contribution in [1.29, 1.82) is 5.26 Å². The van der Waals surface area contributed by atoms with Crippen LogP contribution in [-0.2, 0) is 0 Å². The third kappa shape index (κ3) is 4.04. The van der Waals surface area contributed by atoms with Crippen LogP contribution >= 0.6 is 0 Å². The fourth-order valence-corrected chi connectivity index (χ4v) is 0.350. The molecule has 0 aliphatic heterocycles. The van der Waals surface area contributed by atoms with Crippen LogP contribution in [0.1, 0.15) is 27.7 Å². The molecule has 0 saturated carbocycles. The van der Waals surface area contributed by atoms with Gasteiger partial charge in [-0.25, -0.2) is 0 Å². The average molecular weight is 169 g/mol. The van der Waals surface area contributed by atoms with Crippen LogP contribution in [-0.4, -0.2) is 22.8 Å². The molecular weight excluding hydrogens is 154 g/mol. The summed E-state index contributed by atoms with van der Waals surface area (Å²) in [7, 11) is 0. The minimum atomic E-state index is -1.09. The van der Waals surface area contributed by atoms with Crippen LogP contribution in [0.25, 0.3) is 0 Å². The monoisotopic (exact) mass is 169 g/mol. The third-order valence-corrected chi connectivity index (χ3v) is 1.12. The van der Waals surface area contributed by atoms with Crippen molar-refractivity contribution in [3.8, 4) is 6.07 Å². The zero-order valence-electron chi connectivity index (χ0n) is 8.00. The number of hydrogen-bond acceptors (Lipinski definition) is 4. The molecule has 0 rings (SSSR count). The summed E-state index contributed by atoms with van der Waals surface area (Å²) in [6, 6.07) is 1.89. The standard InChI is InChI=1S/C8H15N3O/c1-7(2,3)10-11-8(4,5-9)6-12/h12H,6H2,1-4H3/b11-10+. The van der Waals surface area contributed by atoms with Gasteiger partial charge < -0.3 is 5.11 Å². The molecular formula is C8H15N3O. The van der Waals surface area contributed by atoms with Crippen molar-refractivity contribution in [2.45, 2.75) is 38.8 Å². The van der Waals surface area contributed by atoms with Gasteiger partial charge in [-0.05, 0) is 27.7 Å². The zero-order valence-corrected chi connectivity index (χ0v) is 8.00. The summed E-state index contributed by atoms with van der Waals surface area (Å²) in [6.07, 6.45) is 0. The molecule has 0 amide bonds. The molecule has 0 aromatic carbocycles. The van der Waals surface area contributed by atoms with Crippen LogP contribution in [0.5, 0.6) is 0 Å². The maximum Gasteiger partial charge on any atom is 0.187 e. The quantitative estimate of drug-likeness (QED) is 0.636. The highest BCUT2D eigenvalue weighted by Gasteiger charge is 2.22. The normalized spacial score (nSPS) is 17.3. The molecule has 4 heteroatoms. The Morgan fingerprint density at radius 2 is 1.75 bits per heavy atom. The number of hydrogen-bond donors (Lipinski definition) is 1. The Morgan fingerprint density at radius 1 is 1.25 bits per heavy atom. The molecule has 0 aliphatic carbocycles. The van der Waals surface area contributed by atoms with Gasteiger partial charge in [0.05, 0.1) is 18.2 Å². The second-order valence-electron chi connectivity index (χ2n) is 3.91. The van der Waals surface area contributed by atoms with Crippen LogP contribution in [0.2, 0.25) is 0 Å². The van der Waals surface area contributed by atoms with Crippen LogP contribution in [0.4, 0.5) is 0 Å². The lowest BCUT2D eigenvalue weighted by molar-refractivity contribution is 0.235. The van der Waals surface area contributed by atoms with E-state index >= 15 is 0 Å². The van der Waals surface area contributed by atoms with Gasteiger partial charge in [0.1, 0.15) is 0 Å². The first-order valence-electron chi connectivity index (χ1n) is 3.79. The second-order valence-corrected chi connectivity index (χ2v) is 3.91. The maximum absolute atomic E-state index is 8.81. The Labute approximate surface area is 72.9 Å². The highest BCUT2D eigenvalue weighted by molar-refractivity contribution is 5.03. The van der Waals surface area contributed by atoms with Crippen LogP contribution < -0.4 is 0 Å². The summed E-state index contributed by atoms with van der Waals surface area (Å²) in [6.45, 7) is 6.88. The summed E-state index contributed by atoms with van der Waals surface area (Å²) in [5.41, 5.74) is -1.39. The molecule has 4 nitrogen and oxygen atoms in total. The highest BCUT2D eigenvalue weighted by Crippen LogP contribution is 2.13. The molecule has 0 radical (unpaired) electrons. The molecule has 0 aliphatic rings. The molecule has 0 saturated heterocycles. The number of nitrogens with zero attached hydrogens (tertiary/aromatic N) is 3. The Morgan fingerprint density at radius 3 is 2.00 bits per heavy atom. The van der Waals surface area contributed by atoms with E-state index < -0.39 is 5.54 Å². The molecule has 0 aromatic rings. The lowest BCUT2D eigenvalue weighted by atomic mass is 10.1. The van der Waals surface area contributed by atoms with Crippen molar-refractivity contribution in [1.82, 2.24) is 0 Å². The molecule has 1 N–H and O–H groups in total. The Kier molecular flexibility index (Phi) is 3.35. The van der Waals surface area contributed by atoms with Gasteiger partial charge in [-0.2, -0.15) is 15.5 Å². The number of nitriles is 1. The molecule has 0 aromatic heterocycles. The summed E-state index contributed by atoms with van der Waals surface area (Å²) in [4.78, 5) is 0. The highest BCUT2D eigenvalue weighted by atomic mass is 16.3. The van der Waals surface area contributed by atoms with Gasteiger partial charge in [-0.1, -0.05) is 0 Å². The average Bonchev–Trinajstić information content (AvgIpc) is 1.99. The number of azo groups is 1. The van der Waals surface area contributed by atoms with E-state index in [1.54, 1.807) is 6.92 Å². The fraction of sp³-hybridized carbons (Fsp3) is 0.875. The summed E-state index contributed by atoms with van der Waals surface area (Å²) >= 11 is 0. The zero-order chi connectivity index (χ0) is 9.83. The number of aliphatic hydroxyl groups excluding tert-OH is 1. The SMILES string of the molecule is CC(C)(C)/N=N/C(C)(C#N)CO. The molecule has 0 heterocycles. The van der Waals surface area contributed by atoms with Crippen molar-refractivity contribution in [3.05, 3.63) is 0 Å². The van der Waals surface area contributed by atoms with Gasteiger partial charge in [-0.15, -0.1) is 0 Å².